The van der Waals surface area contributed by atoms with E-state index in [1.54, 1.807) is 24.3 Å². The van der Waals surface area contributed by atoms with E-state index in [-0.39, 0.29) is 23.1 Å². The predicted octanol–water partition coefficient (Wildman–Crippen LogP) is 4.29. The first-order valence-electron chi connectivity index (χ1n) is 10.0. The predicted molar refractivity (Wildman–Crippen MR) is 122 cm³/mol. The average molecular weight is 422 g/mol. The number of hydrogen-bond acceptors (Lipinski definition) is 4. The fourth-order valence-electron chi connectivity index (χ4n) is 3.55. The number of carbonyl (C=O) groups excluding carboxylic acids is 2. The largest absolute Gasteiger partial charge is 0.461 e. The second-order valence-electron chi connectivity index (χ2n) is 7.14. The molecule has 0 bridgehead atoms. The number of para-hydroxylation sites is 2. The lowest BCUT2D eigenvalue weighted by Gasteiger charge is -2.03. The van der Waals surface area contributed by atoms with Crippen molar-refractivity contribution < 1.29 is 18.4 Å². The molecule has 2 aromatic carbocycles. The molecule has 0 aliphatic rings. The molecule has 2 N–H and O–H groups in total. The van der Waals surface area contributed by atoms with Crippen LogP contribution in [0.2, 0.25) is 0 Å². The maximum absolute atomic E-state index is 12.7. The first-order chi connectivity index (χ1) is 15.7. The zero-order valence-electron chi connectivity index (χ0n) is 16.9. The van der Waals surface area contributed by atoms with Crippen LogP contribution < -0.4 is 10.7 Å². The van der Waals surface area contributed by atoms with Crippen LogP contribution in [0.4, 0.5) is 0 Å². The summed E-state index contributed by atoms with van der Waals surface area (Å²) in [5, 5.41) is 2.77. The van der Waals surface area contributed by atoms with E-state index in [4.69, 9.17) is 8.83 Å². The first-order valence-corrected chi connectivity index (χ1v) is 10.0. The molecular weight excluding hydrogens is 404 g/mol. The number of fused-ring (bicyclic) bond motifs is 2. The third-order valence-corrected chi connectivity index (χ3v) is 5.05. The van der Waals surface area contributed by atoms with Crippen LogP contribution in [0.1, 0.15) is 21.1 Å². The van der Waals surface area contributed by atoms with Crippen molar-refractivity contribution in [3.63, 3.8) is 0 Å². The fourth-order valence-corrected chi connectivity index (χ4v) is 3.55. The highest BCUT2D eigenvalue weighted by molar-refractivity contribution is 6.17. The number of nitrogens with one attached hydrogen (secondary N) is 2. The average Bonchev–Trinajstić information content (AvgIpc) is 3.52. The fraction of sp³-hybridized carbons (Fsp3) is 0. The minimum Gasteiger partial charge on any atom is -0.461 e. The Bertz CT molecular complexity index is 1480. The Kier molecular flexibility index (Phi) is 5.01. The van der Waals surface area contributed by atoms with Gasteiger partial charge in [0.05, 0.1) is 23.2 Å². The Morgan fingerprint density at radius 1 is 0.594 bits per heavy atom. The standard InChI is InChI=1S/C26H18N2O4/c29-23(25-11-5-13-31-25)15-21-17-7-1-3-9-19(17)27-22(16-24(30)26-12-6-14-32-26)18-8-2-4-10-20(18)28-21/h1-16,27-28H/b21-15+,22-16+. The van der Waals surface area contributed by atoms with Gasteiger partial charge in [0.2, 0.25) is 11.6 Å². The van der Waals surface area contributed by atoms with Crippen molar-refractivity contribution in [2.75, 3.05) is 0 Å². The number of aromatic amines is 2. The van der Waals surface area contributed by atoms with E-state index in [0.29, 0.717) is 10.7 Å². The third-order valence-electron chi connectivity index (χ3n) is 5.05. The molecule has 3 aromatic heterocycles. The lowest BCUT2D eigenvalue weighted by molar-refractivity contribution is 0.103. The Morgan fingerprint density at radius 3 is 1.44 bits per heavy atom. The Balaban J connectivity index is 1.86. The van der Waals surface area contributed by atoms with Crippen LogP contribution in [0.5, 0.6) is 0 Å². The third kappa shape index (κ3) is 3.77. The van der Waals surface area contributed by atoms with Crippen molar-refractivity contribution in [3.05, 3.63) is 108 Å². The van der Waals surface area contributed by atoms with Crippen molar-refractivity contribution in [3.8, 4) is 0 Å². The van der Waals surface area contributed by atoms with Gasteiger partial charge in [0.25, 0.3) is 0 Å². The molecule has 3 heterocycles. The van der Waals surface area contributed by atoms with E-state index < -0.39 is 0 Å². The summed E-state index contributed by atoms with van der Waals surface area (Å²) in [4.78, 5) is 32.2. The molecule has 0 radical (unpaired) electrons. The zero-order chi connectivity index (χ0) is 21.9. The highest BCUT2D eigenvalue weighted by atomic mass is 16.3. The summed E-state index contributed by atoms with van der Waals surface area (Å²) in [6.45, 7) is 0. The van der Waals surface area contributed by atoms with Crippen molar-refractivity contribution >= 4 is 45.5 Å². The zero-order valence-corrected chi connectivity index (χ0v) is 16.9. The van der Waals surface area contributed by atoms with E-state index in [1.165, 1.54) is 24.7 Å². The maximum atomic E-state index is 12.7. The smallest absolute Gasteiger partial charge is 0.223 e. The number of ketones is 2. The molecule has 0 aliphatic heterocycles. The molecule has 0 aliphatic carbocycles. The molecule has 6 nitrogen and oxygen atoms in total. The molecule has 6 heteroatoms. The molecule has 0 saturated carbocycles. The van der Waals surface area contributed by atoms with Gasteiger partial charge in [-0.3, -0.25) is 9.59 Å². The number of aromatic nitrogens is 2. The Hall–Kier alpha value is -4.58. The van der Waals surface area contributed by atoms with Crippen LogP contribution in [0.3, 0.4) is 0 Å². The highest BCUT2D eigenvalue weighted by Crippen LogP contribution is 2.09. The lowest BCUT2D eigenvalue weighted by atomic mass is 10.1. The summed E-state index contributed by atoms with van der Waals surface area (Å²) in [5.41, 5.74) is 1.48. The first kappa shape index (κ1) is 19.4. The van der Waals surface area contributed by atoms with E-state index >= 15 is 0 Å². The van der Waals surface area contributed by atoms with Crippen molar-refractivity contribution in [1.82, 2.24) is 9.97 Å². The summed E-state index contributed by atoms with van der Waals surface area (Å²) in [7, 11) is 0. The highest BCUT2D eigenvalue weighted by Gasteiger charge is 2.08. The van der Waals surface area contributed by atoms with E-state index in [1.807, 2.05) is 48.5 Å². The van der Waals surface area contributed by atoms with Gasteiger partial charge in [0, 0.05) is 34.0 Å². The number of rotatable bonds is 4. The molecule has 0 fully saturated rings. The Labute approximate surface area is 181 Å². The summed E-state index contributed by atoms with van der Waals surface area (Å²) < 4.78 is 10.5. The molecule has 0 saturated heterocycles. The number of hydrogen-bond donors (Lipinski definition) is 2. The minimum atomic E-state index is -0.255. The van der Waals surface area contributed by atoms with Crippen molar-refractivity contribution in [1.29, 1.82) is 0 Å². The van der Waals surface area contributed by atoms with Gasteiger partial charge in [-0.05, 0) is 36.4 Å². The SMILES string of the molecule is O=C(/C=c1/[nH]c2ccccc2/c(=C\C(=O)c2ccco2)[nH]c2ccccc12)c1ccco1. The van der Waals surface area contributed by atoms with Crippen LogP contribution >= 0.6 is 0 Å². The molecule has 0 amide bonds. The van der Waals surface area contributed by atoms with E-state index in [9.17, 15) is 9.59 Å². The molecule has 0 spiro atoms. The van der Waals surface area contributed by atoms with Gasteiger partial charge < -0.3 is 18.8 Å². The summed E-state index contributed by atoms with van der Waals surface area (Å²) in [6.07, 6.45) is 5.96. The van der Waals surface area contributed by atoms with Crippen molar-refractivity contribution in [2.45, 2.75) is 0 Å². The normalized spacial score (nSPS) is 12.4. The number of carbonyl (C=O) groups is 2. The van der Waals surface area contributed by atoms with Gasteiger partial charge in [0.15, 0.2) is 11.5 Å². The van der Waals surface area contributed by atoms with Gasteiger partial charge in [-0.1, -0.05) is 36.4 Å². The van der Waals surface area contributed by atoms with Crippen molar-refractivity contribution in [2.24, 2.45) is 0 Å². The molecule has 0 atom stereocenters. The van der Waals surface area contributed by atoms with Gasteiger partial charge >= 0.3 is 0 Å². The van der Waals surface area contributed by atoms with Crippen LogP contribution in [0, 0.1) is 0 Å². The molecule has 32 heavy (non-hydrogen) atoms. The van der Waals surface area contributed by atoms with Crippen LogP contribution in [-0.4, -0.2) is 21.5 Å². The molecular formula is C26H18N2O4. The summed E-state index contributed by atoms with van der Waals surface area (Å²) in [6, 6.07) is 21.7. The van der Waals surface area contributed by atoms with Gasteiger partial charge in [-0.15, -0.1) is 0 Å². The van der Waals surface area contributed by atoms with Crippen LogP contribution in [-0.2, 0) is 0 Å². The second-order valence-corrected chi connectivity index (χ2v) is 7.14. The number of furan rings is 2. The topological polar surface area (TPSA) is 92.0 Å². The number of Topliss-reactive ketones (excluding diaryl/α,β-unsaturated/α-hetero) is 2. The molecule has 5 rings (SSSR count). The lowest BCUT2D eigenvalue weighted by Crippen LogP contribution is -2.16. The minimum absolute atomic E-state index is 0.254. The van der Waals surface area contributed by atoms with Crippen LogP contribution in [0.15, 0.2) is 94.2 Å². The van der Waals surface area contributed by atoms with E-state index in [2.05, 4.69) is 9.97 Å². The van der Waals surface area contributed by atoms with Gasteiger partial charge in [-0.2, -0.15) is 0 Å². The molecule has 156 valence electrons. The molecule has 5 aromatic rings. The van der Waals surface area contributed by atoms with Gasteiger partial charge in [0.1, 0.15) is 0 Å². The second kappa shape index (κ2) is 8.28. The summed E-state index contributed by atoms with van der Waals surface area (Å²) >= 11 is 0. The quantitative estimate of drug-likeness (QED) is 0.423. The van der Waals surface area contributed by atoms with Crippen LogP contribution in [0.25, 0.3) is 34.0 Å². The maximum Gasteiger partial charge on any atom is 0.223 e. The number of H-pyrrole nitrogens is 2. The Morgan fingerprint density at radius 2 is 1.03 bits per heavy atom. The monoisotopic (exact) mass is 422 g/mol. The molecule has 0 unspecified atom stereocenters. The van der Waals surface area contributed by atoms with Gasteiger partial charge in [-0.25, -0.2) is 0 Å². The number of benzene rings is 2. The summed E-state index contributed by atoms with van der Waals surface area (Å²) in [5.74, 6) is -0.00216. The van der Waals surface area contributed by atoms with E-state index in [0.717, 1.165) is 21.8 Å².